The average Bonchev–Trinajstić information content (AvgIpc) is 2.81. The molecule has 106 valence electrons. The van der Waals surface area contributed by atoms with Gasteiger partial charge in [0.15, 0.2) is 11.5 Å². The van der Waals surface area contributed by atoms with Crippen LogP contribution in [0.3, 0.4) is 0 Å². The molecule has 0 saturated carbocycles. The Labute approximate surface area is 113 Å². The Morgan fingerprint density at radius 1 is 1.30 bits per heavy atom. The molecule has 2 N–H and O–H groups in total. The van der Waals surface area contributed by atoms with Gasteiger partial charge in [0.25, 0.3) is 0 Å². The Balaban J connectivity index is 2.22. The summed E-state index contributed by atoms with van der Waals surface area (Å²) in [6, 6.07) is 4.43. The molecule has 0 saturated heterocycles. The molecule has 0 spiro atoms. The maximum Gasteiger partial charge on any atom is 0.435 e. The van der Waals surface area contributed by atoms with Gasteiger partial charge in [-0.15, -0.1) is 0 Å². The van der Waals surface area contributed by atoms with Crippen LogP contribution in [0.5, 0.6) is 0 Å². The smallest absolute Gasteiger partial charge is 0.324 e. The first-order valence-electron chi connectivity index (χ1n) is 6.34. The van der Waals surface area contributed by atoms with Gasteiger partial charge in [0.05, 0.1) is 5.69 Å². The number of fused-ring (bicyclic) bond motifs is 1. The average molecular weight is 282 g/mol. The van der Waals surface area contributed by atoms with E-state index in [1.165, 1.54) is 10.9 Å². The van der Waals surface area contributed by atoms with Crippen LogP contribution in [0.1, 0.15) is 35.8 Å². The fraction of sp³-hybridized carbons (Fsp3) is 0.385. The summed E-state index contributed by atoms with van der Waals surface area (Å²) in [5.74, 6) is 0.383. The highest BCUT2D eigenvalue weighted by Gasteiger charge is 2.41. The molecule has 1 aliphatic rings. The van der Waals surface area contributed by atoms with Gasteiger partial charge in [-0.05, 0) is 31.4 Å². The second-order valence-electron chi connectivity index (χ2n) is 4.81. The van der Waals surface area contributed by atoms with Crippen LogP contribution >= 0.6 is 0 Å². The molecule has 0 radical (unpaired) electrons. The molecule has 2 heterocycles. The predicted molar refractivity (Wildman–Crippen MR) is 66.2 cm³/mol. The van der Waals surface area contributed by atoms with Crippen molar-refractivity contribution in [2.45, 2.75) is 31.5 Å². The van der Waals surface area contributed by atoms with Gasteiger partial charge >= 0.3 is 6.18 Å². The van der Waals surface area contributed by atoms with E-state index in [0.717, 1.165) is 6.42 Å². The highest BCUT2D eigenvalue weighted by molar-refractivity contribution is 5.38. The number of pyridine rings is 1. The Kier molecular flexibility index (Phi) is 3.01. The van der Waals surface area contributed by atoms with Crippen LogP contribution in [-0.2, 0) is 12.6 Å². The minimum atomic E-state index is -4.50. The quantitative estimate of drug-likeness (QED) is 0.874. The molecule has 0 aromatic carbocycles. The minimum Gasteiger partial charge on any atom is -0.324 e. The van der Waals surface area contributed by atoms with Gasteiger partial charge in [0.2, 0.25) is 0 Å². The monoisotopic (exact) mass is 282 g/mol. The van der Waals surface area contributed by atoms with Crippen LogP contribution in [0.15, 0.2) is 24.4 Å². The zero-order chi connectivity index (χ0) is 14.3. The van der Waals surface area contributed by atoms with Crippen molar-refractivity contribution in [3.8, 4) is 5.82 Å². The predicted octanol–water partition coefficient (Wildman–Crippen LogP) is 2.62. The van der Waals surface area contributed by atoms with Crippen molar-refractivity contribution in [2.24, 2.45) is 5.73 Å². The van der Waals surface area contributed by atoms with Gasteiger partial charge in [0, 0.05) is 17.8 Å². The third-order valence-electron chi connectivity index (χ3n) is 3.46. The first kappa shape index (κ1) is 13.1. The van der Waals surface area contributed by atoms with E-state index in [-0.39, 0.29) is 5.56 Å². The van der Waals surface area contributed by atoms with E-state index in [0.29, 0.717) is 24.4 Å². The summed E-state index contributed by atoms with van der Waals surface area (Å²) in [4.78, 5) is 4.07. The molecule has 0 bridgehead atoms. The zero-order valence-electron chi connectivity index (χ0n) is 10.6. The van der Waals surface area contributed by atoms with Crippen molar-refractivity contribution in [2.75, 3.05) is 0 Å². The molecule has 7 heteroatoms. The number of nitrogens with two attached hydrogens (primary N) is 1. The Hall–Kier alpha value is -1.89. The molecule has 0 amide bonds. The van der Waals surface area contributed by atoms with Crippen molar-refractivity contribution in [3.63, 3.8) is 0 Å². The standard InChI is InChI=1S/C13H13F3N4/c14-13(15,16)12-11-8(17)4-3-5-9(11)20(19-12)10-6-1-2-7-18-10/h1-2,6-8H,3-5,17H2. The lowest BCUT2D eigenvalue weighted by Crippen LogP contribution is -2.21. The number of rotatable bonds is 1. The fourth-order valence-corrected chi connectivity index (χ4v) is 2.61. The Morgan fingerprint density at radius 3 is 2.75 bits per heavy atom. The Bertz CT molecular complexity index is 619. The second-order valence-corrected chi connectivity index (χ2v) is 4.81. The summed E-state index contributed by atoms with van der Waals surface area (Å²) in [5, 5.41) is 3.73. The third-order valence-corrected chi connectivity index (χ3v) is 3.46. The van der Waals surface area contributed by atoms with Crippen LogP contribution in [0.4, 0.5) is 13.2 Å². The molecule has 1 atom stereocenters. The van der Waals surface area contributed by atoms with Crippen molar-refractivity contribution < 1.29 is 13.2 Å². The molecule has 2 aromatic rings. The first-order valence-corrected chi connectivity index (χ1v) is 6.34. The molecule has 4 nitrogen and oxygen atoms in total. The number of aromatic nitrogens is 3. The van der Waals surface area contributed by atoms with E-state index < -0.39 is 17.9 Å². The molecule has 2 aromatic heterocycles. The van der Waals surface area contributed by atoms with Crippen LogP contribution in [0.25, 0.3) is 5.82 Å². The van der Waals surface area contributed by atoms with Crippen LogP contribution in [0.2, 0.25) is 0 Å². The summed E-state index contributed by atoms with van der Waals surface area (Å²) in [6.45, 7) is 0. The first-order chi connectivity index (χ1) is 9.48. The van der Waals surface area contributed by atoms with Gasteiger partial charge < -0.3 is 5.73 Å². The highest BCUT2D eigenvalue weighted by atomic mass is 19.4. The number of nitrogens with zero attached hydrogens (tertiary/aromatic N) is 3. The molecule has 20 heavy (non-hydrogen) atoms. The SMILES string of the molecule is NC1CCCc2c1c(C(F)(F)F)nn2-c1ccccn1. The lowest BCUT2D eigenvalue weighted by Gasteiger charge is -2.20. The number of alkyl halides is 3. The van der Waals surface area contributed by atoms with Crippen LogP contribution in [0, 0.1) is 0 Å². The topological polar surface area (TPSA) is 56.7 Å². The summed E-state index contributed by atoms with van der Waals surface area (Å²) in [7, 11) is 0. The lowest BCUT2D eigenvalue weighted by molar-refractivity contribution is -0.142. The van der Waals surface area contributed by atoms with E-state index in [9.17, 15) is 13.2 Å². The van der Waals surface area contributed by atoms with Crippen LogP contribution < -0.4 is 5.73 Å². The third kappa shape index (κ3) is 2.07. The van der Waals surface area contributed by atoms with Crippen molar-refractivity contribution in [3.05, 3.63) is 41.3 Å². The van der Waals surface area contributed by atoms with Gasteiger partial charge in [-0.1, -0.05) is 6.07 Å². The molecule has 1 unspecified atom stereocenters. The molecule has 3 rings (SSSR count). The van der Waals surface area contributed by atoms with E-state index in [4.69, 9.17) is 5.73 Å². The van der Waals surface area contributed by atoms with E-state index in [1.807, 2.05) is 0 Å². The van der Waals surface area contributed by atoms with Crippen molar-refractivity contribution in [1.82, 2.24) is 14.8 Å². The maximum atomic E-state index is 13.1. The second kappa shape index (κ2) is 4.59. The molecule has 0 fully saturated rings. The largest absolute Gasteiger partial charge is 0.435 e. The van der Waals surface area contributed by atoms with Crippen LogP contribution in [-0.4, -0.2) is 14.8 Å². The number of hydrogen-bond acceptors (Lipinski definition) is 3. The summed E-state index contributed by atoms with van der Waals surface area (Å²) < 4.78 is 40.7. The van der Waals surface area contributed by atoms with E-state index in [2.05, 4.69) is 10.1 Å². The highest BCUT2D eigenvalue weighted by Crippen LogP contribution is 2.39. The van der Waals surface area contributed by atoms with E-state index in [1.54, 1.807) is 18.2 Å². The van der Waals surface area contributed by atoms with Gasteiger partial charge in [-0.3, -0.25) is 0 Å². The van der Waals surface area contributed by atoms with Crippen molar-refractivity contribution >= 4 is 0 Å². The summed E-state index contributed by atoms with van der Waals surface area (Å²) in [6.07, 6.45) is -1.14. The molecular formula is C13H13F3N4. The summed E-state index contributed by atoms with van der Waals surface area (Å²) >= 11 is 0. The fourth-order valence-electron chi connectivity index (χ4n) is 2.61. The van der Waals surface area contributed by atoms with Crippen molar-refractivity contribution in [1.29, 1.82) is 0 Å². The van der Waals surface area contributed by atoms with E-state index >= 15 is 0 Å². The van der Waals surface area contributed by atoms with Gasteiger partial charge in [-0.25, -0.2) is 9.67 Å². The normalized spacial score (nSPS) is 18.9. The minimum absolute atomic E-state index is 0.120. The molecule has 0 aliphatic heterocycles. The molecule has 1 aliphatic carbocycles. The lowest BCUT2D eigenvalue weighted by atomic mass is 9.91. The maximum absolute atomic E-state index is 13.1. The number of hydrogen-bond donors (Lipinski definition) is 1. The zero-order valence-corrected chi connectivity index (χ0v) is 10.6. The Morgan fingerprint density at radius 2 is 2.10 bits per heavy atom. The summed E-state index contributed by atoms with van der Waals surface area (Å²) in [5.41, 5.74) is 5.62. The number of halogens is 3. The van der Waals surface area contributed by atoms with Gasteiger partial charge in [0.1, 0.15) is 0 Å². The molecular weight excluding hydrogens is 269 g/mol. The van der Waals surface area contributed by atoms with Gasteiger partial charge in [-0.2, -0.15) is 18.3 Å².